The molecule has 6 rings (SSSR count). The number of ether oxygens (including phenoxy) is 1. The molecule has 6 aliphatic rings. The molecule has 0 aromatic rings. The van der Waals surface area contributed by atoms with Crippen molar-refractivity contribution in [2.75, 3.05) is 6.61 Å². The van der Waals surface area contributed by atoms with Gasteiger partial charge in [0.1, 0.15) is 0 Å². The summed E-state index contributed by atoms with van der Waals surface area (Å²) in [7, 11) is 0. The second-order valence-electron chi connectivity index (χ2n) is 15.7. The Morgan fingerprint density at radius 1 is 0.688 bits per heavy atom. The number of rotatable bonds is 0. The Hall–Kier alpha value is -0.0800. The van der Waals surface area contributed by atoms with E-state index in [1.807, 2.05) is 0 Å². The van der Waals surface area contributed by atoms with Crippen LogP contribution >= 0.6 is 0 Å². The van der Waals surface area contributed by atoms with E-state index in [0.717, 1.165) is 30.8 Å². The fraction of sp³-hybridized carbons (Fsp3) is 1.00. The molecule has 2 heteroatoms. The van der Waals surface area contributed by atoms with Crippen molar-refractivity contribution in [3.8, 4) is 0 Å². The van der Waals surface area contributed by atoms with Crippen LogP contribution in [-0.2, 0) is 4.74 Å². The van der Waals surface area contributed by atoms with E-state index in [1.54, 1.807) is 0 Å². The first kappa shape index (κ1) is 22.4. The molecule has 32 heavy (non-hydrogen) atoms. The van der Waals surface area contributed by atoms with Crippen LogP contribution in [0.2, 0.25) is 0 Å². The molecule has 182 valence electrons. The van der Waals surface area contributed by atoms with E-state index < -0.39 is 0 Å². The number of hydrogen-bond acceptors (Lipinski definition) is 2. The molecule has 6 fully saturated rings. The van der Waals surface area contributed by atoms with E-state index in [-0.39, 0.29) is 11.5 Å². The van der Waals surface area contributed by atoms with Crippen molar-refractivity contribution < 1.29 is 9.84 Å². The SMILES string of the molecule is CC1(C)CC[C@]23CC[C@]4(C)[C@H](CC[C@H]5[C@@]6(C)CC[C@@H](O)C(C)(C)[C@H]6CC[C@]54C)[C@@H]2[C@H]1OC3. The molecule has 2 bridgehead atoms. The van der Waals surface area contributed by atoms with Crippen LogP contribution in [0.4, 0.5) is 0 Å². The van der Waals surface area contributed by atoms with Gasteiger partial charge in [-0.3, -0.25) is 0 Å². The summed E-state index contributed by atoms with van der Waals surface area (Å²) in [5, 5.41) is 10.9. The first-order valence-corrected chi connectivity index (χ1v) is 14.1. The van der Waals surface area contributed by atoms with E-state index in [4.69, 9.17) is 4.74 Å². The lowest BCUT2D eigenvalue weighted by atomic mass is 9.31. The number of fused-ring (bicyclic) bond motifs is 5. The molecule has 1 aliphatic heterocycles. The van der Waals surface area contributed by atoms with Gasteiger partial charge in [0.25, 0.3) is 0 Å². The van der Waals surface area contributed by atoms with Gasteiger partial charge in [-0.2, -0.15) is 0 Å². The Bertz CT molecular complexity index is 801. The van der Waals surface area contributed by atoms with E-state index in [0.29, 0.717) is 39.1 Å². The van der Waals surface area contributed by atoms with Gasteiger partial charge < -0.3 is 9.84 Å². The molecule has 0 amide bonds. The zero-order chi connectivity index (χ0) is 22.9. The molecule has 10 atom stereocenters. The maximum Gasteiger partial charge on any atom is 0.0663 e. The van der Waals surface area contributed by atoms with Crippen LogP contribution in [0.3, 0.4) is 0 Å². The third-order valence-electron chi connectivity index (χ3n) is 14.1. The van der Waals surface area contributed by atoms with Crippen LogP contribution < -0.4 is 0 Å². The number of hydrogen-bond donors (Lipinski definition) is 1. The van der Waals surface area contributed by atoms with E-state index in [2.05, 4.69) is 48.5 Å². The van der Waals surface area contributed by atoms with Crippen molar-refractivity contribution in [2.45, 2.75) is 125 Å². The summed E-state index contributed by atoms with van der Waals surface area (Å²) >= 11 is 0. The summed E-state index contributed by atoms with van der Waals surface area (Å²) in [6.07, 6.45) is 13.7. The lowest BCUT2D eigenvalue weighted by Crippen LogP contribution is -2.67. The molecular weight excluding hydrogens is 392 g/mol. The fourth-order valence-electron chi connectivity index (χ4n) is 12.0. The Balaban J connectivity index is 1.39. The fourth-order valence-corrected chi connectivity index (χ4v) is 12.0. The van der Waals surface area contributed by atoms with Crippen LogP contribution in [0.1, 0.15) is 113 Å². The normalized spacial score (nSPS) is 60.0. The summed E-state index contributed by atoms with van der Waals surface area (Å²) in [6.45, 7) is 18.9. The second-order valence-corrected chi connectivity index (χ2v) is 15.7. The summed E-state index contributed by atoms with van der Waals surface area (Å²) in [6, 6.07) is 0. The van der Waals surface area contributed by atoms with Gasteiger partial charge in [0.2, 0.25) is 0 Å². The average Bonchev–Trinajstić information content (AvgIpc) is 3.05. The van der Waals surface area contributed by atoms with Gasteiger partial charge in [0, 0.05) is 0 Å². The van der Waals surface area contributed by atoms with E-state index in [9.17, 15) is 5.11 Å². The first-order valence-electron chi connectivity index (χ1n) is 14.1. The highest BCUT2D eigenvalue weighted by molar-refractivity contribution is 5.21. The number of aliphatic hydroxyl groups excluding tert-OH is 1. The highest BCUT2D eigenvalue weighted by Gasteiger charge is 2.72. The van der Waals surface area contributed by atoms with Crippen LogP contribution in [0.15, 0.2) is 0 Å². The van der Waals surface area contributed by atoms with Crippen LogP contribution in [0.5, 0.6) is 0 Å². The lowest BCUT2D eigenvalue weighted by Gasteiger charge is -2.73. The molecule has 1 saturated heterocycles. The molecule has 1 heterocycles. The van der Waals surface area contributed by atoms with E-state index >= 15 is 0 Å². The summed E-state index contributed by atoms with van der Waals surface area (Å²) in [5.74, 6) is 3.11. The zero-order valence-corrected chi connectivity index (χ0v) is 22.1. The van der Waals surface area contributed by atoms with Gasteiger partial charge in [0.15, 0.2) is 0 Å². The maximum absolute atomic E-state index is 10.9. The average molecular weight is 443 g/mol. The minimum Gasteiger partial charge on any atom is -0.393 e. The van der Waals surface area contributed by atoms with Gasteiger partial charge in [-0.05, 0) is 120 Å². The molecule has 5 saturated carbocycles. The second kappa shape index (κ2) is 6.37. The maximum atomic E-state index is 10.9. The Kier molecular flexibility index (Phi) is 4.46. The molecule has 0 unspecified atom stereocenters. The summed E-state index contributed by atoms with van der Waals surface area (Å²) in [5.41, 5.74) is 2.16. The Morgan fingerprint density at radius 2 is 1.41 bits per heavy atom. The molecule has 2 nitrogen and oxygen atoms in total. The standard InChI is InChI=1S/C30H50O2/c1-25(2)14-16-30-17-15-28(6)19(23(30)24(25)32-18-30)8-9-21-27(5)12-11-22(31)26(3,4)20(27)10-13-29(21,28)7/h19-24,31H,8-18H2,1-7H3/t19-,20-,21+,22-,23-,24-,27+,28-,29-,30-/m1/s1. The van der Waals surface area contributed by atoms with Crippen molar-refractivity contribution in [2.24, 2.45) is 56.2 Å². The van der Waals surface area contributed by atoms with Crippen molar-refractivity contribution in [3.05, 3.63) is 0 Å². The van der Waals surface area contributed by atoms with Crippen LogP contribution in [0, 0.1) is 56.2 Å². The largest absolute Gasteiger partial charge is 0.393 e. The first-order chi connectivity index (χ1) is 14.8. The zero-order valence-electron chi connectivity index (χ0n) is 22.1. The molecule has 0 spiro atoms. The van der Waals surface area contributed by atoms with Gasteiger partial charge in [-0.25, -0.2) is 0 Å². The van der Waals surface area contributed by atoms with Gasteiger partial charge in [0.05, 0.1) is 18.8 Å². The van der Waals surface area contributed by atoms with Crippen LogP contribution in [-0.4, -0.2) is 23.9 Å². The minimum atomic E-state index is -0.122. The summed E-state index contributed by atoms with van der Waals surface area (Å²) < 4.78 is 6.71. The topological polar surface area (TPSA) is 29.5 Å². The highest BCUT2D eigenvalue weighted by atomic mass is 16.5. The molecular formula is C30H50O2. The van der Waals surface area contributed by atoms with Gasteiger partial charge in [-0.15, -0.1) is 0 Å². The summed E-state index contributed by atoms with van der Waals surface area (Å²) in [4.78, 5) is 0. The monoisotopic (exact) mass is 442 g/mol. The van der Waals surface area contributed by atoms with Crippen molar-refractivity contribution in [3.63, 3.8) is 0 Å². The molecule has 0 aromatic carbocycles. The Morgan fingerprint density at radius 3 is 2.16 bits per heavy atom. The molecule has 5 aliphatic carbocycles. The highest BCUT2D eigenvalue weighted by Crippen LogP contribution is 2.78. The van der Waals surface area contributed by atoms with E-state index in [1.165, 1.54) is 57.8 Å². The number of aliphatic hydroxyl groups is 1. The van der Waals surface area contributed by atoms with Crippen molar-refractivity contribution in [1.82, 2.24) is 0 Å². The van der Waals surface area contributed by atoms with Crippen molar-refractivity contribution >= 4 is 0 Å². The predicted molar refractivity (Wildman–Crippen MR) is 130 cm³/mol. The van der Waals surface area contributed by atoms with Gasteiger partial charge in [-0.1, -0.05) is 48.5 Å². The minimum absolute atomic E-state index is 0.0586. The molecule has 1 N–H and O–H groups in total. The third kappa shape index (κ3) is 2.41. The van der Waals surface area contributed by atoms with Crippen molar-refractivity contribution in [1.29, 1.82) is 0 Å². The lowest BCUT2D eigenvalue weighted by molar-refractivity contribution is -0.252. The quantitative estimate of drug-likeness (QED) is 0.428. The molecule has 0 radical (unpaired) electrons. The Labute approximate surface area is 197 Å². The third-order valence-corrected chi connectivity index (χ3v) is 14.1. The smallest absolute Gasteiger partial charge is 0.0663 e. The predicted octanol–water partition coefficient (Wildman–Crippen LogP) is 7.24. The van der Waals surface area contributed by atoms with Gasteiger partial charge >= 0.3 is 0 Å². The van der Waals surface area contributed by atoms with Crippen LogP contribution in [0.25, 0.3) is 0 Å². The molecule has 0 aromatic heterocycles.